The molecule has 0 bridgehead atoms. The summed E-state index contributed by atoms with van der Waals surface area (Å²) in [6.45, 7) is 12.4. The zero-order chi connectivity index (χ0) is 64.6. The number of carbonyl (C=O) groups is 13. The summed E-state index contributed by atoms with van der Waals surface area (Å²) in [7, 11) is 0. The Bertz CT molecular complexity index is 3210. The molecule has 0 aromatic heterocycles. The summed E-state index contributed by atoms with van der Waals surface area (Å²) in [6.07, 6.45) is 6.14. The van der Waals surface area contributed by atoms with Gasteiger partial charge in [-0.05, 0) is 129 Å². The fourth-order valence-corrected chi connectivity index (χ4v) is 10.8. The molecular formula is C62H78BrN9O16. The molecule has 6 aliphatic rings. The van der Waals surface area contributed by atoms with Crippen LogP contribution in [-0.2, 0) is 77.1 Å². The molecule has 0 spiro atoms. The molecule has 3 fully saturated rings. The lowest BCUT2D eigenvalue weighted by molar-refractivity contribution is -0.156. The zero-order valence-corrected chi connectivity index (χ0v) is 52.0. The van der Waals surface area contributed by atoms with Crippen LogP contribution >= 0.6 is 15.9 Å². The van der Waals surface area contributed by atoms with Gasteiger partial charge >= 0.3 is 17.9 Å². The fraction of sp³-hybridized carbons (Fsp3) is 0.500. The number of ether oxygens (including phenoxy) is 2. The summed E-state index contributed by atoms with van der Waals surface area (Å²) in [6, 6.07) is 13.7. The number of unbranched alkanes of at least 4 members (excludes halogenated alkanes) is 2. The fourth-order valence-electron chi connectivity index (χ4n) is 10.4. The van der Waals surface area contributed by atoms with E-state index in [2.05, 4.69) is 42.5 Å². The van der Waals surface area contributed by atoms with Gasteiger partial charge in [-0.3, -0.25) is 78.3 Å². The highest BCUT2D eigenvalue weighted by atomic mass is 79.9. The Hall–Kier alpha value is -8.55. The first-order chi connectivity index (χ1) is 41.5. The Morgan fingerprint density at radius 1 is 0.545 bits per heavy atom. The third kappa shape index (κ3) is 19.2. The van der Waals surface area contributed by atoms with Crippen molar-refractivity contribution in [3.63, 3.8) is 0 Å². The molecule has 3 saturated heterocycles. The molecular weight excluding hydrogens is 1210 g/mol. The van der Waals surface area contributed by atoms with Crippen molar-refractivity contribution in [2.45, 2.75) is 187 Å². The van der Waals surface area contributed by atoms with E-state index in [9.17, 15) is 62.3 Å². The molecule has 10 amide bonds. The Kier molecular flexibility index (Phi) is 24.1. The monoisotopic (exact) mass is 1280 g/mol. The minimum Gasteiger partial charge on any atom is -0.481 e. The molecule has 88 heavy (non-hydrogen) atoms. The number of benzene rings is 3. The highest BCUT2D eigenvalue weighted by Gasteiger charge is 2.43. The van der Waals surface area contributed by atoms with Gasteiger partial charge in [0.15, 0.2) is 0 Å². The largest absolute Gasteiger partial charge is 0.481 e. The number of imide groups is 3. The number of nitrogens with one attached hydrogen (secondary N) is 5. The van der Waals surface area contributed by atoms with Crippen LogP contribution in [-0.4, -0.2) is 138 Å². The molecule has 0 saturated carbocycles. The number of esters is 2. The van der Waals surface area contributed by atoms with E-state index in [-0.39, 0.29) is 110 Å². The molecule has 3 unspecified atom stereocenters. The van der Waals surface area contributed by atoms with Crippen molar-refractivity contribution >= 4 is 110 Å². The van der Waals surface area contributed by atoms with Gasteiger partial charge < -0.3 is 45.6 Å². The Morgan fingerprint density at radius 3 is 1.36 bits per heavy atom. The summed E-state index contributed by atoms with van der Waals surface area (Å²) in [5.74, 6) is -4.48. The second-order valence-electron chi connectivity index (χ2n) is 23.7. The number of piperidine rings is 3. The lowest BCUT2D eigenvalue weighted by Crippen LogP contribution is -2.52. The zero-order valence-electron chi connectivity index (χ0n) is 50.4. The highest BCUT2D eigenvalue weighted by Crippen LogP contribution is 2.35. The standard InChI is InChI=1S/C22H27N3O6.C18H21N3O5.C13H13N3O3.C9H17BrO2/c1-22(2,3)31-19(28)9-5-8-17(26)23-15-7-4-6-13-14(15)12-25(21(13)30)16-10-11-18(27)24-20(16)29;22-15-8-7-14(17(25)20-15)21-10-12-11(18(21)26)4-3-5-13(12)19-9-2-1-6-16(23)24;14-9-3-1-2-7-8(9)6-16(13(7)19)10-4-5-11(17)15-12(10)18;1-9(2,3)12-8(11)6-4-5-7-10/h4,6-7,16H,5,8-12H2,1-3H3,(H,23,26)(H,24,27,29);3-5,14,19H,1-2,6-10H2,(H,23,24)(H,20,22,25);1-3,10H,4-6,14H2,(H,15,17,18);4-7H2,1-3H3. The van der Waals surface area contributed by atoms with E-state index in [4.69, 9.17) is 20.3 Å². The number of anilines is 3. The molecule has 9 rings (SSSR count). The minimum atomic E-state index is -0.809. The number of carboxylic acids is 1. The van der Waals surface area contributed by atoms with Crippen LogP contribution in [0, 0.1) is 0 Å². The molecule has 3 aromatic rings. The number of nitrogen functional groups attached to an aromatic ring is 1. The average Bonchev–Trinajstić information content (AvgIpc) is 1.70. The molecule has 3 aromatic carbocycles. The number of amides is 10. The smallest absolute Gasteiger partial charge is 0.306 e. The van der Waals surface area contributed by atoms with Gasteiger partial charge in [-0.2, -0.15) is 0 Å². The summed E-state index contributed by atoms with van der Waals surface area (Å²) in [5.41, 5.74) is 10.6. The van der Waals surface area contributed by atoms with Gasteiger partial charge in [0.25, 0.3) is 17.7 Å². The number of nitrogens with two attached hydrogens (primary N) is 1. The Balaban J connectivity index is 0.000000197. The lowest BCUT2D eigenvalue weighted by atomic mass is 10.0. The van der Waals surface area contributed by atoms with Gasteiger partial charge in [0.05, 0.1) is 0 Å². The van der Waals surface area contributed by atoms with Crippen LogP contribution in [0.15, 0.2) is 54.6 Å². The third-order valence-corrected chi connectivity index (χ3v) is 15.1. The van der Waals surface area contributed by atoms with Crippen molar-refractivity contribution in [3.05, 3.63) is 88.0 Å². The quantitative estimate of drug-likeness (QED) is 0.0255. The second-order valence-corrected chi connectivity index (χ2v) is 24.5. The molecule has 3 atom stereocenters. The lowest BCUT2D eigenvalue weighted by Gasteiger charge is -2.29. The van der Waals surface area contributed by atoms with Crippen molar-refractivity contribution in [2.75, 3.05) is 28.2 Å². The maximum Gasteiger partial charge on any atom is 0.306 e. The summed E-state index contributed by atoms with van der Waals surface area (Å²) < 4.78 is 10.4. The normalized spacial score (nSPS) is 18.6. The highest BCUT2D eigenvalue weighted by molar-refractivity contribution is 9.09. The van der Waals surface area contributed by atoms with Crippen molar-refractivity contribution in [2.24, 2.45) is 0 Å². The number of carbonyl (C=O) groups excluding carboxylic acids is 12. The maximum absolute atomic E-state index is 12.8. The molecule has 8 N–H and O–H groups in total. The van der Waals surface area contributed by atoms with E-state index < -0.39 is 47.4 Å². The van der Waals surface area contributed by atoms with Crippen molar-refractivity contribution < 1.29 is 76.9 Å². The van der Waals surface area contributed by atoms with Crippen LogP contribution in [0.5, 0.6) is 0 Å². The van der Waals surface area contributed by atoms with Crippen LogP contribution in [0.4, 0.5) is 17.1 Å². The van der Waals surface area contributed by atoms with Crippen molar-refractivity contribution in [3.8, 4) is 0 Å². The molecule has 6 aliphatic heterocycles. The van der Waals surface area contributed by atoms with Crippen LogP contribution in [0.3, 0.4) is 0 Å². The van der Waals surface area contributed by atoms with Crippen molar-refractivity contribution in [1.82, 2.24) is 30.7 Å². The number of nitrogens with zero attached hydrogens (tertiary/aromatic N) is 3. The van der Waals surface area contributed by atoms with Crippen LogP contribution < -0.4 is 32.3 Å². The first kappa shape index (κ1) is 68.6. The van der Waals surface area contributed by atoms with E-state index in [1.807, 2.05) is 26.8 Å². The number of rotatable bonds is 18. The van der Waals surface area contributed by atoms with Crippen LogP contribution in [0.2, 0.25) is 0 Å². The number of carboxylic acid groups (broad SMARTS) is 1. The summed E-state index contributed by atoms with van der Waals surface area (Å²) in [4.78, 5) is 158. The van der Waals surface area contributed by atoms with Gasteiger partial charge in [0.1, 0.15) is 29.3 Å². The maximum atomic E-state index is 12.8. The number of hydrogen-bond donors (Lipinski definition) is 7. The molecule has 6 heterocycles. The van der Waals surface area contributed by atoms with Gasteiger partial charge in [-0.15, -0.1) is 0 Å². The predicted molar refractivity (Wildman–Crippen MR) is 324 cm³/mol. The minimum absolute atomic E-state index is 0.0940. The van der Waals surface area contributed by atoms with E-state index in [0.29, 0.717) is 91.8 Å². The van der Waals surface area contributed by atoms with Crippen LogP contribution in [0.25, 0.3) is 0 Å². The Morgan fingerprint density at radius 2 is 0.943 bits per heavy atom. The number of fused-ring (bicyclic) bond motifs is 3. The summed E-state index contributed by atoms with van der Waals surface area (Å²) in [5, 5.41) is 22.5. The van der Waals surface area contributed by atoms with Gasteiger partial charge in [0, 0.05) is 127 Å². The second kappa shape index (κ2) is 30.9. The van der Waals surface area contributed by atoms with E-state index in [0.717, 1.165) is 35.0 Å². The first-order valence-corrected chi connectivity index (χ1v) is 30.5. The molecule has 0 radical (unpaired) electrons. The number of alkyl halides is 1. The van der Waals surface area contributed by atoms with E-state index in [1.54, 1.807) is 69.3 Å². The molecule has 474 valence electrons. The topological polar surface area (TPSA) is 356 Å². The molecule has 25 nitrogen and oxygen atoms in total. The predicted octanol–water partition coefficient (Wildman–Crippen LogP) is 5.94. The SMILES string of the molecule is CC(C)(C)OC(=O)CCCC(=O)Nc1cccc2c1CN(C1CCC(=O)NC1=O)C2=O.CC(C)(C)OC(=O)CCCCBr.Nc1cccc2c1CN(C1CCC(=O)NC1=O)C2=O.O=C(O)CCCCNc1cccc2c1CN(C1CCC(=O)NC1=O)C2=O. The number of hydrogen-bond acceptors (Lipinski definition) is 17. The first-order valence-electron chi connectivity index (χ1n) is 29.4. The van der Waals surface area contributed by atoms with E-state index in [1.165, 1.54) is 14.7 Å². The van der Waals surface area contributed by atoms with Gasteiger partial charge in [-0.25, -0.2) is 0 Å². The molecule has 26 heteroatoms. The summed E-state index contributed by atoms with van der Waals surface area (Å²) >= 11 is 3.31. The number of halogens is 1. The van der Waals surface area contributed by atoms with Crippen LogP contribution in [0.1, 0.15) is 186 Å². The van der Waals surface area contributed by atoms with Crippen molar-refractivity contribution in [1.29, 1.82) is 0 Å². The van der Waals surface area contributed by atoms with Gasteiger partial charge in [0.2, 0.25) is 41.4 Å². The van der Waals surface area contributed by atoms with Gasteiger partial charge in [-0.1, -0.05) is 34.1 Å². The Labute approximate surface area is 518 Å². The average molecular weight is 1290 g/mol. The molecule has 0 aliphatic carbocycles. The third-order valence-electron chi connectivity index (χ3n) is 14.6. The number of aliphatic carboxylic acids is 1. The van der Waals surface area contributed by atoms with E-state index >= 15 is 0 Å².